The van der Waals surface area contributed by atoms with E-state index in [0.717, 1.165) is 17.4 Å². The predicted molar refractivity (Wildman–Crippen MR) is 94.2 cm³/mol. The zero-order chi connectivity index (χ0) is 19.2. The number of benzene rings is 2. The number of carbonyl (C=O) groups is 1. The van der Waals surface area contributed by atoms with Gasteiger partial charge < -0.3 is 10.1 Å². The third-order valence-electron chi connectivity index (χ3n) is 3.74. The SMILES string of the molecule is Cc1ccccc1OCCN(C)CC(=O)Nc1ccccc1C(F)(F)F. The standard InChI is InChI=1S/C19H21F3N2O2/c1-14-7-3-6-10-17(14)26-12-11-24(2)13-18(25)23-16-9-5-4-8-15(16)19(20,21)22/h3-10H,11-13H2,1-2H3,(H,23,25). The number of para-hydroxylation sites is 2. The number of amides is 1. The summed E-state index contributed by atoms with van der Waals surface area (Å²) in [6.45, 7) is 2.73. The van der Waals surface area contributed by atoms with Crippen LogP contribution in [-0.4, -0.2) is 37.6 Å². The van der Waals surface area contributed by atoms with Crippen molar-refractivity contribution in [3.63, 3.8) is 0 Å². The first-order chi connectivity index (χ1) is 12.3. The molecule has 7 heteroatoms. The Morgan fingerprint density at radius 1 is 1.12 bits per heavy atom. The highest BCUT2D eigenvalue weighted by Crippen LogP contribution is 2.34. The number of anilines is 1. The fourth-order valence-electron chi connectivity index (χ4n) is 2.38. The van der Waals surface area contributed by atoms with E-state index in [0.29, 0.717) is 13.2 Å². The molecule has 2 aromatic rings. The lowest BCUT2D eigenvalue weighted by atomic mass is 10.1. The normalized spacial score (nSPS) is 11.5. The minimum Gasteiger partial charge on any atom is -0.492 e. The van der Waals surface area contributed by atoms with Crippen molar-refractivity contribution >= 4 is 11.6 Å². The molecule has 2 rings (SSSR count). The molecule has 0 fully saturated rings. The molecule has 0 unspecified atom stereocenters. The average Bonchev–Trinajstić information content (AvgIpc) is 2.56. The van der Waals surface area contributed by atoms with Gasteiger partial charge in [-0.05, 0) is 37.7 Å². The lowest BCUT2D eigenvalue weighted by molar-refractivity contribution is -0.137. The molecule has 0 aliphatic carbocycles. The second-order valence-corrected chi connectivity index (χ2v) is 5.94. The van der Waals surface area contributed by atoms with E-state index in [9.17, 15) is 18.0 Å². The highest BCUT2D eigenvalue weighted by atomic mass is 19.4. The number of ether oxygens (including phenoxy) is 1. The van der Waals surface area contributed by atoms with Gasteiger partial charge in [0.1, 0.15) is 12.4 Å². The molecule has 0 radical (unpaired) electrons. The maximum Gasteiger partial charge on any atom is 0.418 e. The van der Waals surface area contributed by atoms with E-state index in [1.54, 1.807) is 11.9 Å². The van der Waals surface area contributed by atoms with E-state index >= 15 is 0 Å². The van der Waals surface area contributed by atoms with Gasteiger partial charge in [-0.15, -0.1) is 0 Å². The number of aryl methyl sites for hydroxylation is 1. The van der Waals surface area contributed by atoms with E-state index in [1.165, 1.54) is 18.2 Å². The average molecular weight is 366 g/mol. The summed E-state index contributed by atoms with van der Waals surface area (Å²) in [5.74, 6) is 0.254. The van der Waals surface area contributed by atoms with Crippen LogP contribution in [0.1, 0.15) is 11.1 Å². The Balaban J connectivity index is 1.84. The first-order valence-electron chi connectivity index (χ1n) is 8.10. The highest BCUT2D eigenvalue weighted by molar-refractivity contribution is 5.93. The molecule has 0 aliphatic heterocycles. The number of halogens is 3. The molecule has 140 valence electrons. The van der Waals surface area contributed by atoms with Crippen LogP contribution in [0.2, 0.25) is 0 Å². The summed E-state index contributed by atoms with van der Waals surface area (Å²) >= 11 is 0. The minimum absolute atomic E-state index is 0.0384. The van der Waals surface area contributed by atoms with Gasteiger partial charge in [-0.1, -0.05) is 30.3 Å². The van der Waals surface area contributed by atoms with Crippen LogP contribution in [0, 0.1) is 6.92 Å². The summed E-state index contributed by atoms with van der Waals surface area (Å²) in [5, 5.41) is 2.32. The number of hydrogen-bond acceptors (Lipinski definition) is 3. The molecule has 0 saturated heterocycles. The Morgan fingerprint density at radius 3 is 2.46 bits per heavy atom. The van der Waals surface area contributed by atoms with Gasteiger partial charge in [0, 0.05) is 6.54 Å². The van der Waals surface area contributed by atoms with Gasteiger partial charge in [0.15, 0.2) is 0 Å². The number of nitrogens with one attached hydrogen (secondary N) is 1. The second-order valence-electron chi connectivity index (χ2n) is 5.94. The van der Waals surface area contributed by atoms with Gasteiger partial charge >= 0.3 is 6.18 Å². The largest absolute Gasteiger partial charge is 0.492 e. The molecule has 1 N–H and O–H groups in total. The molecule has 2 aromatic carbocycles. The number of carbonyl (C=O) groups excluding carboxylic acids is 1. The van der Waals surface area contributed by atoms with Crippen molar-refractivity contribution in [2.45, 2.75) is 13.1 Å². The van der Waals surface area contributed by atoms with E-state index in [-0.39, 0.29) is 12.2 Å². The van der Waals surface area contributed by atoms with Crippen molar-refractivity contribution < 1.29 is 22.7 Å². The van der Waals surface area contributed by atoms with Crippen molar-refractivity contribution in [3.8, 4) is 5.75 Å². The zero-order valence-corrected chi connectivity index (χ0v) is 14.6. The minimum atomic E-state index is -4.52. The molecular formula is C19H21F3N2O2. The van der Waals surface area contributed by atoms with Crippen LogP contribution in [-0.2, 0) is 11.0 Å². The van der Waals surface area contributed by atoms with Gasteiger partial charge in [-0.25, -0.2) is 0 Å². The molecule has 0 spiro atoms. The van der Waals surface area contributed by atoms with Crippen molar-refractivity contribution in [3.05, 3.63) is 59.7 Å². The molecule has 26 heavy (non-hydrogen) atoms. The van der Waals surface area contributed by atoms with Crippen LogP contribution in [0.15, 0.2) is 48.5 Å². The molecule has 0 heterocycles. The summed E-state index contributed by atoms with van der Waals surface area (Å²) in [5.41, 5.74) is -0.0925. The monoisotopic (exact) mass is 366 g/mol. The molecular weight excluding hydrogens is 345 g/mol. The molecule has 0 aromatic heterocycles. The van der Waals surface area contributed by atoms with Crippen LogP contribution in [0.5, 0.6) is 5.75 Å². The Kier molecular flexibility index (Phi) is 6.63. The summed E-state index contributed by atoms with van der Waals surface area (Å²) in [6, 6.07) is 12.5. The van der Waals surface area contributed by atoms with Crippen LogP contribution < -0.4 is 10.1 Å². The fraction of sp³-hybridized carbons (Fsp3) is 0.316. The van der Waals surface area contributed by atoms with Crippen molar-refractivity contribution in [1.82, 2.24) is 4.90 Å². The molecule has 0 atom stereocenters. The maximum atomic E-state index is 12.9. The third kappa shape index (κ3) is 5.77. The van der Waals surface area contributed by atoms with Crippen LogP contribution in [0.25, 0.3) is 0 Å². The Bertz CT molecular complexity index is 748. The summed E-state index contributed by atoms with van der Waals surface area (Å²) in [6.07, 6.45) is -4.52. The first kappa shape index (κ1) is 19.8. The second kappa shape index (κ2) is 8.71. The predicted octanol–water partition coefficient (Wildman–Crippen LogP) is 3.96. The van der Waals surface area contributed by atoms with Gasteiger partial charge in [0.25, 0.3) is 0 Å². The molecule has 0 saturated carbocycles. The Morgan fingerprint density at radius 2 is 1.77 bits per heavy atom. The topological polar surface area (TPSA) is 41.6 Å². The summed E-state index contributed by atoms with van der Waals surface area (Å²) < 4.78 is 44.5. The highest BCUT2D eigenvalue weighted by Gasteiger charge is 2.33. The number of rotatable bonds is 7. The van der Waals surface area contributed by atoms with E-state index in [4.69, 9.17) is 4.74 Å². The quantitative estimate of drug-likeness (QED) is 0.806. The Labute approximate surface area is 150 Å². The lowest BCUT2D eigenvalue weighted by Crippen LogP contribution is -2.33. The number of nitrogens with zero attached hydrogens (tertiary/aromatic N) is 1. The van der Waals surface area contributed by atoms with E-state index < -0.39 is 17.6 Å². The smallest absolute Gasteiger partial charge is 0.418 e. The maximum absolute atomic E-state index is 12.9. The van der Waals surface area contributed by atoms with Gasteiger partial charge in [0.05, 0.1) is 17.8 Å². The molecule has 1 amide bonds. The Hall–Kier alpha value is -2.54. The first-order valence-corrected chi connectivity index (χ1v) is 8.10. The van der Waals surface area contributed by atoms with Crippen molar-refractivity contribution in [2.24, 2.45) is 0 Å². The van der Waals surface area contributed by atoms with Crippen LogP contribution >= 0.6 is 0 Å². The van der Waals surface area contributed by atoms with Crippen molar-refractivity contribution in [2.75, 3.05) is 32.1 Å². The fourth-order valence-corrected chi connectivity index (χ4v) is 2.38. The van der Waals surface area contributed by atoms with Crippen LogP contribution in [0.4, 0.5) is 18.9 Å². The summed E-state index contributed by atoms with van der Waals surface area (Å²) in [7, 11) is 1.70. The molecule has 0 aliphatic rings. The van der Waals surface area contributed by atoms with Crippen LogP contribution in [0.3, 0.4) is 0 Å². The van der Waals surface area contributed by atoms with Gasteiger partial charge in [0.2, 0.25) is 5.91 Å². The zero-order valence-electron chi connectivity index (χ0n) is 14.6. The number of alkyl halides is 3. The summed E-state index contributed by atoms with van der Waals surface area (Å²) in [4.78, 5) is 13.7. The van der Waals surface area contributed by atoms with E-state index in [1.807, 2.05) is 31.2 Å². The van der Waals surface area contributed by atoms with Gasteiger partial charge in [-0.2, -0.15) is 13.2 Å². The van der Waals surface area contributed by atoms with Gasteiger partial charge in [-0.3, -0.25) is 9.69 Å². The number of hydrogen-bond donors (Lipinski definition) is 1. The van der Waals surface area contributed by atoms with Crippen molar-refractivity contribution in [1.29, 1.82) is 0 Å². The molecule has 0 bridgehead atoms. The third-order valence-corrected chi connectivity index (χ3v) is 3.74. The molecule has 4 nitrogen and oxygen atoms in total. The van der Waals surface area contributed by atoms with E-state index in [2.05, 4.69) is 5.32 Å². The number of likely N-dealkylation sites (N-methyl/N-ethyl adjacent to an activating group) is 1. The lowest BCUT2D eigenvalue weighted by Gasteiger charge is -2.18.